The van der Waals surface area contributed by atoms with E-state index < -0.39 is 0 Å². The van der Waals surface area contributed by atoms with E-state index >= 15 is 0 Å². The Morgan fingerprint density at radius 3 is 2.73 bits per heavy atom. The van der Waals surface area contributed by atoms with Gasteiger partial charge in [0, 0.05) is 11.3 Å². The van der Waals surface area contributed by atoms with Crippen LogP contribution in [-0.4, -0.2) is 5.78 Å². The fourth-order valence-corrected chi connectivity index (χ4v) is 2.37. The lowest BCUT2D eigenvalue weighted by atomic mass is 10.1. The molecule has 1 aromatic heterocycles. The van der Waals surface area contributed by atoms with E-state index in [0.717, 1.165) is 0 Å². The van der Waals surface area contributed by atoms with Gasteiger partial charge < -0.3 is 5.73 Å². The van der Waals surface area contributed by atoms with Gasteiger partial charge in [0.25, 0.3) is 0 Å². The lowest BCUT2D eigenvalue weighted by molar-refractivity contribution is 0.104. The fraction of sp³-hybridized carbons (Fsp3) is 0. The highest BCUT2D eigenvalue weighted by molar-refractivity contribution is 7.13. The maximum Gasteiger partial charge on any atom is 0.204 e. The van der Waals surface area contributed by atoms with Gasteiger partial charge in [-0.25, -0.2) is 0 Å². The van der Waals surface area contributed by atoms with E-state index in [1.165, 1.54) is 11.3 Å². The average molecular weight is 238 g/mol. The number of rotatable bonds is 2. The molecule has 2 rings (SSSR count). The monoisotopic (exact) mass is 237 g/mol. The molecule has 0 aliphatic rings. The molecule has 0 aliphatic carbocycles. The van der Waals surface area contributed by atoms with E-state index in [9.17, 15) is 4.79 Å². The SMILES string of the molecule is Nc1cccc(C(=O)c2sccc2Cl)c1. The van der Waals surface area contributed by atoms with Crippen LogP contribution >= 0.6 is 22.9 Å². The summed E-state index contributed by atoms with van der Waals surface area (Å²) in [4.78, 5) is 12.5. The number of thiophene rings is 1. The van der Waals surface area contributed by atoms with Gasteiger partial charge in [-0.1, -0.05) is 23.7 Å². The lowest BCUT2D eigenvalue weighted by Crippen LogP contribution is -2.00. The minimum atomic E-state index is -0.0812. The van der Waals surface area contributed by atoms with Crippen molar-refractivity contribution < 1.29 is 4.79 Å². The summed E-state index contributed by atoms with van der Waals surface area (Å²) >= 11 is 7.22. The molecular formula is C11H8ClNOS. The molecule has 2 nitrogen and oxygen atoms in total. The minimum absolute atomic E-state index is 0.0812. The Bertz CT molecular complexity index is 507. The Balaban J connectivity index is 2.41. The Hall–Kier alpha value is -1.32. The molecule has 1 heterocycles. The first kappa shape index (κ1) is 10.2. The van der Waals surface area contributed by atoms with Gasteiger partial charge in [-0.05, 0) is 23.6 Å². The molecule has 0 saturated carbocycles. The Labute approximate surface area is 96.3 Å². The largest absolute Gasteiger partial charge is 0.399 e. The van der Waals surface area contributed by atoms with Crippen molar-refractivity contribution in [2.45, 2.75) is 0 Å². The summed E-state index contributed by atoms with van der Waals surface area (Å²) in [5.74, 6) is -0.0812. The van der Waals surface area contributed by atoms with Crippen LogP contribution in [0.3, 0.4) is 0 Å². The Morgan fingerprint density at radius 1 is 1.33 bits per heavy atom. The second-order valence-electron chi connectivity index (χ2n) is 3.05. The number of hydrogen-bond acceptors (Lipinski definition) is 3. The third-order valence-corrected chi connectivity index (χ3v) is 3.31. The summed E-state index contributed by atoms with van der Waals surface area (Å²) in [6.45, 7) is 0. The molecule has 0 fully saturated rings. The van der Waals surface area contributed by atoms with Crippen LogP contribution in [0.5, 0.6) is 0 Å². The number of carbonyl (C=O) groups is 1. The Morgan fingerprint density at radius 2 is 2.13 bits per heavy atom. The summed E-state index contributed by atoms with van der Waals surface area (Å²) in [5.41, 5.74) is 6.75. The van der Waals surface area contributed by atoms with Crippen molar-refractivity contribution in [1.29, 1.82) is 0 Å². The van der Waals surface area contributed by atoms with Gasteiger partial charge in [-0.2, -0.15) is 0 Å². The molecule has 2 N–H and O–H groups in total. The maximum atomic E-state index is 12.0. The van der Waals surface area contributed by atoms with Gasteiger partial charge in [0.05, 0.1) is 9.90 Å². The molecular weight excluding hydrogens is 230 g/mol. The number of anilines is 1. The van der Waals surface area contributed by atoms with E-state index in [1.807, 2.05) is 0 Å². The second kappa shape index (κ2) is 4.04. The molecule has 1 aromatic carbocycles. The van der Waals surface area contributed by atoms with Crippen LogP contribution in [0.1, 0.15) is 15.2 Å². The Kier molecular flexibility index (Phi) is 2.75. The third-order valence-electron chi connectivity index (χ3n) is 1.97. The lowest BCUT2D eigenvalue weighted by Gasteiger charge is -2.00. The van der Waals surface area contributed by atoms with Crippen LogP contribution in [0.4, 0.5) is 5.69 Å². The highest BCUT2D eigenvalue weighted by Gasteiger charge is 2.13. The van der Waals surface area contributed by atoms with Crippen molar-refractivity contribution in [2.24, 2.45) is 0 Å². The number of carbonyl (C=O) groups excluding carboxylic acids is 1. The molecule has 0 spiro atoms. The zero-order valence-electron chi connectivity index (χ0n) is 7.74. The molecule has 0 aliphatic heterocycles. The van der Waals surface area contributed by atoms with Crippen LogP contribution in [0, 0.1) is 0 Å². The van der Waals surface area contributed by atoms with Gasteiger partial charge in [0.1, 0.15) is 0 Å². The molecule has 0 atom stereocenters. The summed E-state index contributed by atoms with van der Waals surface area (Å²) in [6, 6.07) is 8.59. The van der Waals surface area contributed by atoms with E-state index in [4.69, 9.17) is 17.3 Å². The van der Waals surface area contributed by atoms with Crippen LogP contribution in [-0.2, 0) is 0 Å². The van der Waals surface area contributed by atoms with Gasteiger partial charge >= 0.3 is 0 Å². The first-order valence-electron chi connectivity index (χ1n) is 4.31. The smallest absolute Gasteiger partial charge is 0.204 e. The molecule has 15 heavy (non-hydrogen) atoms. The van der Waals surface area contributed by atoms with Gasteiger partial charge in [-0.15, -0.1) is 11.3 Å². The standard InChI is InChI=1S/C11H8ClNOS/c12-9-4-5-15-11(9)10(14)7-2-1-3-8(13)6-7/h1-6H,13H2. The van der Waals surface area contributed by atoms with Crippen molar-refractivity contribution in [3.63, 3.8) is 0 Å². The number of hydrogen-bond donors (Lipinski definition) is 1. The molecule has 0 unspecified atom stereocenters. The topological polar surface area (TPSA) is 43.1 Å². The molecule has 76 valence electrons. The number of nitrogen functional groups attached to an aromatic ring is 1. The molecule has 0 amide bonds. The first-order chi connectivity index (χ1) is 7.18. The maximum absolute atomic E-state index is 12.0. The third kappa shape index (κ3) is 2.03. The predicted molar refractivity (Wildman–Crippen MR) is 63.6 cm³/mol. The number of halogens is 1. The minimum Gasteiger partial charge on any atom is -0.399 e. The number of benzene rings is 1. The summed E-state index contributed by atoms with van der Waals surface area (Å²) in [7, 11) is 0. The van der Waals surface area contributed by atoms with Gasteiger partial charge in [-0.3, -0.25) is 4.79 Å². The van der Waals surface area contributed by atoms with E-state index in [2.05, 4.69) is 0 Å². The molecule has 2 aromatic rings. The van der Waals surface area contributed by atoms with E-state index in [-0.39, 0.29) is 5.78 Å². The zero-order valence-corrected chi connectivity index (χ0v) is 9.31. The normalized spacial score (nSPS) is 10.2. The zero-order chi connectivity index (χ0) is 10.8. The van der Waals surface area contributed by atoms with E-state index in [1.54, 1.807) is 35.7 Å². The molecule has 4 heteroatoms. The quantitative estimate of drug-likeness (QED) is 0.644. The van der Waals surface area contributed by atoms with Crippen LogP contribution in [0.15, 0.2) is 35.7 Å². The number of ketones is 1. The average Bonchev–Trinajstić information content (AvgIpc) is 2.63. The van der Waals surface area contributed by atoms with Crippen molar-refractivity contribution in [1.82, 2.24) is 0 Å². The van der Waals surface area contributed by atoms with Gasteiger partial charge in [0.2, 0.25) is 5.78 Å². The van der Waals surface area contributed by atoms with Crippen molar-refractivity contribution in [3.8, 4) is 0 Å². The molecule has 0 bridgehead atoms. The highest BCUT2D eigenvalue weighted by Crippen LogP contribution is 2.25. The van der Waals surface area contributed by atoms with Crippen LogP contribution in [0.2, 0.25) is 5.02 Å². The molecule has 0 radical (unpaired) electrons. The predicted octanol–water partition coefficient (Wildman–Crippen LogP) is 3.21. The van der Waals surface area contributed by atoms with Crippen molar-refractivity contribution in [2.75, 3.05) is 5.73 Å². The summed E-state index contributed by atoms with van der Waals surface area (Å²) < 4.78 is 0. The highest BCUT2D eigenvalue weighted by atomic mass is 35.5. The summed E-state index contributed by atoms with van der Waals surface area (Å²) in [5, 5.41) is 2.29. The number of nitrogens with two attached hydrogens (primary N) is 1. The summed E-state index contributed by atoms with van der Waals surface area (Å²) in [6.07, 6.45) is 0. The van der Waals surface area contributed by atoms with E-state index in [0.29, 0.717) is 21.2 Å². The molecule has 0 saturated heterocycles. The first-order valence-corrected chi connectivity index (χ1v) is 5.57. The van der Waals surface area contributed by atoms with Crippen LogP contribution < -0.4 is 5.73 Å². The van der Waals surface area contributed by atoms with Crippen molar-refractivity contribution in [3.05, 3.63) is 51.2 Å². The van der Waals surface area contributed by atoms with Crippen molar-refractivity contribution >= 4 is 34.4 Å². The fourth-order valence-electron chi connectivity index (χ4n) is 1.27. The van der Waals surface area contributed by atoms with Crippen LogP contribution in [0.25, 0.3) is 0 Å². The van der Waals surface area contributed by atoms with Gasteiger partial charge in [0.15, 0.2) is 0 Å². The second-order valence-corrected chi connectivity index (χ2v) is 4.38.